The molecular weight excluding hydrogens is 333 g/mol. The van der Waals surface area contributed by atoms with E-state index >= 15 is 0 Å². The molecule has 0 aliphatic rings. The average molecular weight is 353 g/mol. The lowest BCUT2D eigenvalue weighted by molar-refractivity contribution is 0.0951. The summed E-state index contributed by atoms with van der Waals surface area (Å²) in [6, 6.07) is 9.34. The van der Waals surface area contributed by atoms with Crippen LogP contribution < -0.4 is 10.2 Å². The van der Waals surface area contributed by atoms with Crippen LogP contribution in [-0.4, -0.2) is 19.2 Å². The monoisotopic (exact) mass is 353 g/mol. The molecule has 0 heterocycles. The van der Waals surface area contributed by atoms with Crippen molar-refractivity contribution in [3.05, 3.63) is 64.0 Å². The Morgan fingerprint density at radius 1 is 1.35 bits per heavy atom. The molecule has 2 rings (SSSR count). The van der Waals surface area contributed by atoms with E-state index in [0.717, 1.165) is 28.5 Å². The number of ether oxygens (including phenoxy) is 1. The topological polar surface area (TPSA) is 74.5 Å². The van der Waals surface area contributed by atoms with Gasteiger partial charge in [0.1, 0.15) is 11.6 Å². The Morgan fingerprint density at radius 2 is 2.08 bits per heavy atom. The van der Waals surface area contributed by atoms with Gasteiger partial charge in [-0.1, -0.05) is 13.8 Å². The molecule has 0 aromatic heterocycles. The van der Waals surface area contributed by atoms with Gasteiger partial charge in [0, 0.05) is 0 Å². The molecular formula is C20H20FN3O2. The number of carbonyl (C=O) groups is 1. The Hall–Kier alpha value is -3.20. The molecule has 0 saturated heterocycles. The third kappa shape index (κ3) is 4.25. The zero-order valence-electron chi connectivity index (χ0n) is 15.1. The second-order valence-corrected chi connectivity index (χ2v) is 6.11. The van der Waals surface area contributed by atoms with Gasteiger partial charge in [-0.3, -0.25) is 4.79 Å². The van der Waals surface area contributed by atoms with Crippen molar-refractivity contribution < 1.29 is 13.9 Å². The second kappa shape index (κ2) is 8.26. The highest BCUT2D eigenvalue weighted by Gasteiger charge is 2.12. The maximum atomic E-state index is 13.8. The van der Waals surface area contributed by atoms with Gasteiger partial charge in [-0.05, 0) is 59.9 Å². The lowest BCUT2D eigenvalue weighted by Crippen LogP contribution is -2.19. The molecule has 0 unspecified atom stereocenters. The molecule has 0 spiro atoms. The first-order valence-corrected chi connectivity index (χ1v) is 8.09. The number of hydrazone groups is 1. The van der Waals surface area contributed by atoms with Crippen molar-refractivity contribution >= 4 is 12.1 Å². The van der Waals surface area contributed by atoms with Gasteiger partial charge < -0.3 is 4.74 Å². The van der Waals surface area contributed by atoms with Gasteiger partial charge in [-0.15, -0.1) is 0 Å². The average Bonchev–Trinajstić information content (AvgIpc) is 2.62. The Bertz CT molecular complexity index is 899. The van der Waals surface area contributed by atoms with Crippen LogP contribution in [0.5, 0.6) is 5.75 Å². The Kier molecular flexibility index (Phi) is 6.07. The zero-order chi connectivity index (χ0) is 19.3. The molecule has 6 heteroatoms. The van der Waals surface area contributed by atoms with Crippen molar-refractivity contribution in [1.82, 2.24) is 5.43 Å². The number of rotatable bonds is 5. The highest BCUT2D eigenvalue weighted by atomic mass is 19.1. The van der Waals surface area contributed by atoms with Gasteiger partial charge in [0.25, 0.3) is 5.91 Å². The van der Waals surface area contributed by atoms with Gasteiger partial charge in [0.15, 0.2) is 0 Å². The number of carbonyl (C=O) groups excluding carboxylic acids is 1. The Balaban J connectivity index is 2.19. The molecule has 1 N–H and O–H groups in total. The van der Waals surface area contributed by atoms with E-state index in [0.29, 0.717) is 0 Å². The minimum absolute atomic E-state index is 0.151. The van der Waals surface area contributed by atoms with Crippen LogP contribution in [0.25, 0.3) is 0 Å². The first-order chi connectivity index (χ1) is 12.4. The molecule has 0 radical (unpaired) electrons. The van der Waals surface area contributed by atoms with Gasteiger partial charge in [-0.2, -0.15) is 10.4 Å². The minimum Gasteiger partial charge on any atom is -0.496 e. The summed E-state index contributed by atoms with van der Waals surface area (Å²) >= 11 is 0. The number of amides is 1. The molecule has 0 aliphatic heterocycles. The normalized spacial score (nSPS) is 10.8. The number of nitriles is 1. The number of nitrogens with one attached hydrogen (secondary N) is 1. The second-order valence-electron chi connectivity index (χ2n) is 6.11. The van der Waals surface area contributed by atoms with Gasteiger partial charge >= 0.3 is 0 Å². The highest BCUT2D eigenvalue weighted by molar-refractivity contribution is 5.95. The maximum absolute atomic E-state index is 13.8. The van der Waals surface area contributed by atoms with Crippen LogP contribution in [0.15, 0.2) is 35.4 Å². The van der Waals surface area contributed by atoms with E-state index in [-0.39, 0.29) is 17.0 Å². The molecule has 0 saturated carbocycles. The van der Waals surface area contributed by atoms with Crippen molar-refractivity contribution in [2.75, 3.05) is 7.11 Å². The predicted octanol–water partition coefficient (Wildman–Crippen LogP) is 3.90. The van der Waals surface area contributed by atoms with E-state index < -0.39 is 11.7 Å². The van der Waals surface area contributed by atoms with Crippen LogP contribution in [0.1, 0.15) is 52.4 Å². The molecule has 0 aliphatic carbocycles. The van der Waals surface area contributed by atoms with Crippen LogP contribution in [0.4, 0.5) is 4.39 Å². The summed E-state index contributed by atoms with van der Waals surface area (Å²) in [4.78, 5) is 12.0. The lowest BCUT2D eigenvalue weighted by atomic mass is 9.97. The summed E-state index contributed by atoms with van der Waals surface area (Å²) in [7, 11) is 1.63. The van der Waals surface area contributed by atoms with Crippen molar-refractivity contribution in [2.45, 2.75) is 26.7 Å². The zero-order valence-corrected chi connectivity index (χ0v) is 15.1. The molecule has 2 aromatic carbocycles. The molecule has 0 fully saturated rings. The molecule has 0 bridgehead atoms. The van der Waals surface area contributed by atoms with Gasteiger partial charge in [-0.25, -0.2) is 9.82 Å². The molecule has 5 nitrogen and oxygen atoms in total. The summed E-state index contributed by atoms with van der Waals surface area (Å²) in [6.07, 6.45) is 1.51. The van der Waals surface area contributed by atoms with E-state index in [2.05, 4.69) is 24.4 Å². The van der Waals surface area contributed by atoms with Crippen LogP contribution >= 0.6 is 0 Å². The van der Waals surface area contributed by atoms with Gasteiger partial charge in [0.05, 0.1) is 30.5 Å². The van der Waals surface area contributed by atoms with E-state index in [1.165, 1.54) is 18.3 Å². The van der Waals surface area contributed by atoms with E-state index in [9.17, 15) is 9.18 Å². The first kappa shape index (κ1) is 19.1. The van der Waals surface area contributed by atoms with Crippen molar-refractivity contribution in [3.63, 3.8) is 0 Å². The number of benzene rings is 2. The number of hydrogen-bond acceptors (Lipinski definition) is 4. The lowest BCUT2D eigenvalue weighted by Gasteiger charge is -2.14. The molecule has 2 aromatic rings. The van der Waals surface area contributed by atoms with Crippen molar-refractivity contribution in [2.24, 2.45) is 5.10 Å². The third-order valence-electron chi connectivity index (χ3n) is 3.95. The number of methoxy groups -OCH3 is 1. The van der Waals surface area contributed by atoms with E-state index in [4.69, 9.17) is 10.00 Å². The summed E-state index contributed by atoms with van der Waals surface area (Å²) in [5, 5.41) is 12.7. The number of hydrogen-bond donors (Lipinski definition) is 1. The number of aryl methyl sites for hydroxylation is 1. The smallest absolute Gasteiger partial charge is 0.274 e. The minimum atomic E-state index is -0.764. The first-order valence-electron chi connectivity index (χ1n) is 8.09. The third-order valence-corrected chi connectivity index (χ3v) is 3.95. The summed E-state index contributed by atoms with van der Waals surface area (Å²) in [6.45, 7) is 6.03. The van der Waals surface area contributed by atoms with Crippen LogP contribution in [-0.2, 0) is 0 Å². The fraction of sp³-hybridized carbons (Fsp3) is 0.250. The molecule has 1 amide bonds. The fourth-order valence-electron chi connectivity index (χ4n) is 2.47. The Labute approximate surface area is 152 Å². The molecule has 134 valence electrons. The summed E-state index contributed by atoms with van der Waals surface area (Å²) < 4.78 is 19.2. The summed E-state index contributed by atoms with van der Waals surface area (Å²) in [5.74, 6) is -0.378. The molecule has 26 heavy (non-hydrogen) atoms. The Morgan fingerprint density at radius 3 is 2.65 bits per heavy atom. The van der Waals surface area contributed by atoms with Crippen molar-refractivity contribution in [3.8, 4) is 11.8 Å². The number of nitrogens with zero attached hydrogens (tertiary/aromatic N) is 2. The van der Waals surface area contributed by atoms with Crippen LogP contribution in [0.3, 0.4) is 0 Å². The molecule has 0 atom stereocenters. The predicted molar refractivity (Wildman–Crippen MR) is 98.0 cm³/mol. The van der Waals surface area contributed by atoms with E-state index in [1.54, 1.807) is 7.11 Å². The maximum Gasteiger partial charge on any atom is 0.274 e. The fourth-order valence-corrected chi connectivity index (χ4v) is 2.47. The van der Waals surface area contributed by atoms with Crippen LogP contribution in [0, 0.1) is 24.1 Å². The SMILES string of the molecule is COc1cc(C)c(/C=N/NC(=O)c2ccc(C#N)cc2F)cc1C(C)C. The van der Waals surface area contributed by atoms with Gasteiger partial charge in [0.2, 0.25) is 0 Å². The highest BCUT2D eigenvalue weighted by Crippen LogP contribution is 2.29. The quantitative estimate of drug-likeness (QED) is 0.654. The van der Waals surface area contributed by atoms with Crippen LogP contribution in [0.2, 0.25) is 0 Å². The van der Waals surface area contributed by atoms with E-state index in [1.807, 2.05) is 25.1 Å². The van der Waals surface area contributed by atoms with Crippen molar-refractivity contribution in [1.29, 1.82) is 5.26 Å². The summed E-state index contributed by atoms with van der Waals surface area (Å²) in [5.41, 5.74) is 5.09. The largest absolute Gasteiger partial charge is 0.496 e. The number of halogens is 1. The standard InChI is InChI=1S/C20H20FN3O2/c1-12(2)17-9-15(13(3)7-19(17)26-4)11-23-24-20(25)16-6-5-14(10-22)8-18(16)21/h5-9,11-12H,1-4H3,(H,24,25)/b23-11+.